The molecule has 0 aliphatic carbocycles. The van der Waals surface area contributed by atoms with Gasteiger partial charge in [-0.05, 0) is 102 Å². The monoisotopic (exact) mass is 664 g/mol. The molecule has 0 spiro atoms. The maximum Gasteiger partial charge on any atom is 0.271 e. The zero-order valence-electron chi connectivity index (χ0n) is 22.2. The van der Waals surface area contributed by atoms with Gasteiger partial charge in [-0.2, -0.15) is 0 Å². The largest absolute Gasteiger partial charge is 0.493 e. The van der Waals surface area contributed by atoms with Gasteiger partial charge >= 0.3 is 0 Å². The minimum Gasteiger partial charge on any atom is -0.493 e. The van der Waals surface area contributed by atoms with Crippen LogP contribution in [0.25, 0.3) is 6.08 Å². The Kier molecular flexibility index (Phi) is 8.56. The van der Waals surface area contributed by atoms with E-state index in [2.05, 4.69) is 22.6 Å². The van der Waals surface area contributed by atoms with Crippen molar-refractivity contribution in [2.24, 2.45) is 4.99 Å². The quantitative estimate of drug-likeness (QED) is 0.147. The molecule has 40 heavy (non-hydrogen) atoms. The van der Waals surface area contributed by atoms with Crippen molar-refractivity contribution in [3.63, 3.8) is 0 Å². The number of benzene rings is 4. The molecule has 0 bridgehead atoms. The number of amidine groups is 1. The number of thioether (sulfide) groups is 1. The lowest BCUT2D eigenvalue weighted by atomic mass is 10.1. The lowest BCUT2D eigenvalue weighted by Crippen LogP contribution is -2.28. The number of carbonyl (C=O) groups excluding carboxylic acids is 1. The molecule has 0 unspecified atom stereocenters. The minimum atomic E-state index is -0.323. The Labute approximate surface area is 250 Å². The Morgan fingerprint density at radius 2 is 1.65 bits per heavy atom. The summed E-state index contributed by atoms with van der Waals surface area (Å²) in [6, 6.07) is 25.9. The fourth-order valence-corrected chi connectivity index (χ4v) is 5.86. The number of methoxy groups -OCH3 is 1. The zero-order chi connectivity index (χ0) is 28.2. The molecule has 5 rings (SSSR count). The summed E-state index contributed by atoms with van der Waals surface area (Å²) < 4.78 is 26.4. The third-order valence-electron chi connectivity index (χ3n) is 6.24. The molecule has 0 aromatic heterocycles. The van der Waals surface area contributed by atoms with E-state index in [1.807, 2.05) is 80.6 Å². The fourth-order valence-electron chi connectivity index (χ4n) is 4.08. The maximum absolute atomic E-state index is 14.1. The van der Waals surface area contributed by atoms with Crippen LogP contribution in [0.4, 0.5) is 15.8 Å². The number of aryl methyl sites for hydroxylation is 2. The molecule has 0 saturated carbocycles. The van der Waals surface area contributed by atoms with Gasteiger partial charge in [0.05, 0.1) is 27.0 Å². The second kappa shape index (κ2) is 12.3. The van der Waals surface area contributed by atoms with Crippen LogP contribution in [0.2, 0.25) is 0 Å². The van der Waals surface area contributed by atoms with Crippen LogP contribution in [0, 0.1) is 23.2 Å². The number of aliphatic imine (C=N–C) groups is 1. The Morgan fingerprint density at radius 1 is 0.975 bits per heavy atom. The molecule has 1 fully saturated rings. The first-order valence-corrected chi connectivity index (χ1v) is 14.4. The van der Waals surface area contributed by atoms with E-state index >= 15 is 0 Å². The summed E-state index contributed by atoms with van der Waals surface area (Å²) >= 11 is 3.49. The predicted molar refractivity (Wildman–Crippen MR) is 169 cm³/mol. The molecule has 1 heterocycles. The minimum absolute atomic E-state index is 0.0676. The average molecular weight is 665 g/mol. The summed E-state index contributed by atoms with van der Waals surface area (Å²) in [4.78, 5) is 20.7. The number of amides is 1. The van der Waals surface area contributed by atoms with Crippen molar-refractivity contribution in [3.8, 4) is 11.5 Å². The summed E-state index contributed by atoms with van der Waals surface area (Å²) in [6.07, 6.45) is 1.83. The molecule has 5 nitrogen and oxygen atoms in total. The number of hydrogen-bond donors (Lipinski definition) is 0. The third-order valence-corrected chi connectivity index (χ3v) is 8.01. The first-order chi connectivity index (χ1) is 19.3. The van der Waals surface area contributed by atoms with E-state index in [0.717, 1.165) is 31.6 Å². The van der Waals surface area contributed by atoms with Crippen LogP contribution in [-0.4, -0.2) is 18.2 Å². The molecule has 1 saturated heterocycles. The van der Waals surface area contributed by atoms with Crippen LogP contribution in [-0.2, 0) is 11.4 Å². The van der Waals surface area contributed by atoms with Crippen LogP contribution in [0.15, 0.2) is 94.8 Å². The lowest BCUT2D eigenvalue weighted by molar-refractivity contribution is -0.113. The molecule has 0 radical (unpaired) electrons. The van der Waals surface area contributed by atoms with Gasteiger partial charge in [0.2, 0.25) is 0 Å². The van der Waals surface area contributed by atoms with Crippen LogP contribution < -0.4 is 14.4 Å². The fraction of sp³-hybridized carbons (Fsp3) is 0.125. The highest BCUT2D eigenvalue weighted by molar-refractivity contribution is 14.1. The van der Waals surface area contributed by atoms with Gasteiger partial charge in [0.1, 0.15) is 12.4 Å². The van der Waals surface area contributed by atoms with Gasteiger partial charge in [0.25, 0.3) is 5.91 Å². The second-order valence-corrected chi connectivity index (χ2v) is 11.4. The van der Waals surface area contributed by atoms with Gasteiger partial charge in [0.15, 0.2) is 16.7 Å². The topological polar surface area (TPSA) is 51.1 Å². The van der Waals surface area contributed by atoms with Gasteiger partial charge in [-0.15, -0.1) is 0 Å². The van der Waals surface area contributed by atoms with Gasteiger partial charge in [0, 0.05) is 5.56 Å². The Hall–Kier alpha value is -3.63. The number of rotatable bonds is 7. The van der Waals surface area contributed by atoms with Gasteiger partial charge in [-0.25, -0.2) is 9.38 Å². The van der Waals surface area contributed by atoms with Crippen molar-refractivity contribution >= 4 is 62.9 Å². The highest BCUT2D eigenvalue weighted by Crippen LogP contribution is 2.40. The Morgan fingerprint density at radius 3 is 2.33 bits per heavy atom. The smallest absolute Gasteiger partial charge is 0.271 e. The van der Waals surface area contributed by atoms with E-state index in [0.29, 0.717) is 27.1 Å². The standard InChI is InChI=1S/C32H26FIN2O3S/c1-20-8-12-24(13-9-20)35-32-36(25-14-10-21(2)11-15-25)31(37)29(40-32)18-22-16-27(34)30(28(17-22)38-3)39-19-23-6-4-5-7-26(23)33/h4-18H,19H2,1-3H3/b29-18-,35-32?. The van der Waals surface area contributed by atoms with Crippen molar-refractivity contribution in [1.29, 1.82) is 0 Å². The van der Waals surface area contributed by atoms with Crippen molar-refractivity contribution in [3.05, 3.63) is 121 Å². The van der Waals surface area contributed by atoms with E-state index in [4.69, 9.17) is 14.5 Å². The number of carbonyl (C=O) groups is 1. The van der Waals surface area contributed by atoms with Crippen LogP contribution in [0.3, 0.4) is 0 Å². The molecule has 1 amide bonds. The van der Waals surface area contributed by atoms with Gasteiger partial charge in [-0.1, -0.05) is 53.6 Å². The molecule has 4 aromatic carbocycles. The molecule has 8 heteroatoms. The molecule has 202 valence electrons. The van der Waals surface area contributed by atoms with Crippen LogP contribution in [0.1, 0.15) is 22.3 Å². The van der Waals surface area contributed by atoms with Crippen molar-refractivity contribution in [2.75, 3.05) is 12.0 Å². The van der Waals surface area contributed by atoms with Crippen molar-refractivity contribution in [1.82, 2.24) is 0 Å². The maximum atomic E-state index is 14.1. The number of ether oxygens (including phenoxy) is 2. The van der Waals surface area contributed by atoms with E-state index in [9.17, 15) is 9.18 Å². The summed E-state index contributed by atoms with van der Waals surface area (Å²) in [7, 11) is 1.55. The predicted octanol–water partition coefficient (Wildman–Crippen LogP) is 8.44. The van der Waals surface area contributed by atoms with Crippen molar-refractivity contribution in [2.45, 2.75) is 20.5 Å². The van der Waals surface area contributed by atoms with Gasteiger partial charge in [-0.3, -0.25) is 9.69 Å². The summed E-state index contributed by atoms with van der Waals surface area (Å²) in [6.45, 7) is 4.10. The Balaban J connectivity index is 1.48. The molecule has 4 aromatic rings. The number of halogens is 2. The molecule has 0 N–H and O–H groups in total. The highest BCUT2D eigenvalue weighted by Gasteiger charge is 2.35. The zero-order valence-corrected chi connectivity index (χ0v) is 25.1. The van der Waals surface area contributed by atoms with Crippen molar-refractivity contribution < 1.29 is 18.7 Å². The molecule has 0 atom stereocenters. The van der Waals surface area contributed by atoms with Crippen LogP contribution >= 0.6 is 34.4 Å². The van der Waals surface area contributed by atoms with E-state index < -0.39 is 0 Å². The lowest BCUT2D eigenvalue weighted by Gasteiger charge is -2.16. The Bertz CT molecular complexity index is 1620. The molecule has 1 aliphatic rings. The first kappa shape index (κ1) is 27.9. The highest BCUT2D eigenvalue weighted by atomic mass is 127. The summed E-state index contributed by atoms with van der Waals surface area (Å²) in [5.74, 6) is 0.528. The molecular weight excluding hydrogens is 638 g/mol. The molecule has 1 aliphatic heterocycles. The summed E-state index contributed by atoms with van der Waals surface area (Å²) in [5, 5.41) is 0.579. The van der Waals surface area contributed by atoms with E-state index in [1.165, 1.54) is 17.8 Å². The first-order valence-electron chi connectivity index (χ1n) is 12.5. The van der Waals surface area contributed by atoms with Crippen LogP contribution in [0.5, 0.6) is 11.5 Å². The molecular formula is C32H26FIN2O3S. The normalized spacial score (nSPS) is 15.2. The number of nitrogens with zero attached hydrogens (tertiary/aromatic N) is 2. The SMILES string of the molecule is COc1cc(/C=C2\SC(=Nc3ccc(C)cc3)N(c3ccc(C)cc3)C2=O)cc(I)c1OCc1ccccc1F. The van der Waals surface area contributed by atoms with Gasteiger partial charge < -0.3 is 9.47 Å². The number of anilines is 1. The number of hydrogen-bond acceptors (Lipinski definition) is 5. The van der Waals surface area contributed by atoms with E-state index in [1.54, 1.807) is 30.2 Å². The van der Waals surface area contributed by atoms with E-state index in [-0.39, 0.29) is 18.3 Å². The average Bonchev–Trinajstić information content (AvgIpc) is 3.24. The second-order valence-electron chi connectivity index (χ2n) is 9.23. The summed E-state index contributed by atoms with van der Waals surface area (Å²) in [5.41, 5.74) is 5.00. The third kappa shape index (κ3) is 6.23.